The molecule has 2 heterocycles. The number of aromatic carboxylic acids is 1. The molecule has 2 aliphatic heterocycles. The molecule has 0 fully saturated rings. The number of primary amides is 1. The second kappa shape index (κ2) is 13.0. The van der Waals surface area contributed by atoms with Crippen molar-refractivity contribution in [3.05, 3.63) is 118 Å². The summed E-state index contributed by atoms with van der Waals surface area (Å²) in [6, 6.07) is 19.4. The van der Waals surface area contributed by atoms with Crippen molar-refractivity contribution in [2.24, 2.45) is 17.2 Å². The lowest BCUT2D eigenvalue weighted by Crippen LogP contribution is -2.53. The monoisotopic (exact) mass is 657 g/mol. The predicted octanol–water partition coefficient (Wildman–Crippen LogP) is 2.32. The molecular weight excluding hydrogens is 624 g/mol. The van der Waals surface area contributed by atoms with Gasteiger partial charge in [-0.25, -0.2) is 9.59 Å². The Morgan fingerprint density at radius 3 is 2.00 bits per heavy atom. The molecule has 1 spiro atoms. The van der Waals surface area contributed by atoms with E-state index >= 15 is 0 Å². The second-order valence-electron chi connectivity index (χ2n) is 11.0. The summed E-state index contributed by atoms with van der Waals surface area (Å²) in [5.41, 5.74) is 15.6. The summed E-state index contributed by atoms with van der Waals surface area (Å²) in [6.07, 6.45) is -0.310. The van der Waals surface area contributed by atoms with Gasteiger partial charge in [0.15, 0.2) is 5.60 Å². The van der Waals surface area contributed by atoms with Crippen molar-refractivity contribution in [3.8, 4) is 23.0 Å². The third kappa shape index (κ3) is 5.86. The molecule has 4 aromatic carbocycles. The van der Waals surface area contributed by atoms with Gasteiger partial charge in [0.1, 0.15) is 29.0 Å². The van der Waals surface area contributed by atoms with Crippen LogP contribution in [0.3, 0.4) is 0 Å². The van der Waals surface area contributed by atoms with Crippen LogP contribution in [0.2, 0.25) is 0 Å². The highest BCUT2D eigenvalue weighted by atomic mass is 16.6. The summed E-state index contributed by atoms with van der Waals surface area (Å²) in [7, 11) is -0.192. The van der Waals surface area contributed by atoms with E-state index in [9.17, 15) is 39.6 Å². The van der Waals surface area contributed by atoms with Gasteiger partial charge in [-0.15, -0.1) is 0 Å². The van der Waals surface area contributed by atoms with Crippen LogP contribution < -0.4 is 21.9 Å². The fourth-order valence-corrected chi connectivity index (χ4v) is 5.77. The SMILES string of the molecule is NC(=O)c1c(C(=O)O)ccc2c1C(=O)OC21c2ccc(O)cc2Oc2cc(O)ccc21.[2H]CN(C(N)CN)[C@@H](Cc1ccccc1)C(=O)O. The lowest BCUT2D eigenvalue weighted by Gasteiger charge is -2.36. The van der Waals surface area contributed by atoms with E-state index < -0.39 is 52.8 Å². The van der Waals surface area contributed by atoms with Crippen LogP contribution in [0.25, 0.3) is 0 Å². The first-order chi connectivity index (χ1) is 23.3. The Morgan fingerprint density at radius 1 is 0.917 bits per heavy atom. The van der Waals surface area contributed by atoms with Crippen LogP contribution in [0, 0.1) is 0 Å². The largest absolute Gasteiger partial charge is 0.508 e. The van der Waals surface area contributed by atoms with Crippen molar-refractivity contribution < 1.29 is 50.4 Å². The Hall–Kier alpha value is -5.96. The number of fused-ring (bicyclic) bond motifs is 6. The zero-order valence-electron chi connectivity index (χ0n) is 26.2. The molecule has 2 atom stereocenters. The van der Waals surface area contributed by atoms with Gasteiger partial charge < -0.3 is 47.1 Å². The van der Waals surface area contributed by atoms with Gasteiger partial charge in [-0.2, -0.15) is 0 Å². The number of phenols is 2. The van der Waals surface area contributed by atoms with Gasteiger partial charge in [-0.05, 0) is 49.3 Å². The molecule has 0 aliphatic carbocycles. The summed E-state index contributed by atoms with van der Waals surface area (Å²) in [5.74, 6) is -4.35. The molecule has 6 rings (SSSR count). The molecule has 14 heteroatoms. The number of nitrogens with two attached hydrogens (primary N) is 3. The second-order valence-corrected chi connectivity index (χ2v) is 11.0. The van der Waals surface area contributed by atoms with Gasteiger partial charge >= 0.3 is 17.9 Å². The number of carbonyl (C=O) groups is 4. The van der Waals surface area contributed by atoms with E-state index in [2.05, 4.69) is 0 Å². The van der Waals surface area contributed by atoms with Crippen LogP contribution in [0.5, 0.6) is 23.0 Å². The first-order valence-corrected chi connectivity index (χ1v) is 14.4. The van der Waals surface area contributed by atoms with E-state index in [1.165, 1.54) is 53.4 Å². The van der Waals surface area contributed by atoms with Crippen LogP contribution in [-0.2, 0) is 21.6 Å². The number of benzene rings is 4. The molecule has 0 saturated heterocycles. The lowest BCUT2D eigenvalue weighted by atomic mass is 9.76. The summed E-state index contributed by atoms with van der Waals surface area (Å²) in [6.45, 7) is 0.122. The number of amides is 1. The Labute approximate surface area is 274 Å². The maximum Gasteiger partial charge on any atom is 0.341 e. The molecule has 14 nitrogen and oxygen atoms in total. The highest BCUT2D eigenvalue weighted by molar-refractivity contribution is 6.13. The molecule has 0 aromatic heterocycles. The molecule has 10 N–H and O–H groups in total. The van der Waals surface area contributed by atoms with Gasteiger partial charge in [0.05, 0.1) is 22.9 Å². The number of carboxylic acids is 2. The number of rotatable bonds is 8. The van der Waals surface area contributed by atoms with E-state index in [1.807, 2.05) is 30.3 Å². The number of ether oxygens (including phenoxy) is 2. The topological polar surface area (TPSA) is 249 Å². The van der Waals surface area contributed by atoms with Crippen molar-refractivity contribution in [1.29, 1.82) is 0 Å². The van der Waals surface area contributed by atoms with Crippen molar-refractivity contribution in [2.75, 3.05) is 13.6 Å². The Balaban J connectivity index is 0.000000223. The van der Waals surface area contributed by atoms with Crippen LogP contribution in [-0.4, -0.2) is 74.9 Å². The number of esters is 1. The number of aliphatic carboxylic acids is 1. The average molecular weight is 658 g/mol. The fourth-order valence-electron chi connectivity index (χ4n) is 5.77. The maximum absolute atomic E-state index is 13.0. The zero-order valence-corrected chi connectivity index (χ0v) is 25.2. The highest BCUT2D eigenvalue weighted by Crippen LogP contribution is 2.57. The van der Waals surface area contributed by atoms with Crippen molar-refractivity contribution in [1.82, 2.24) is 4.90 Å². The predicted molar refractivity (Wildman–Crippen MR) is 170 cm³/mol. The lowest BCUT2D eigenvalue weighted by molar-refractivity contribution is -0.143. The third-order valence-electron chi connectivity index (χ3n) is 8.04. The van der Waals surface area contributed by atoms with Gasteiger partial charge in [0.25, 0.3) is 0 Å². The third-order valence-corrected chi connectivity index (χ3v) is 8.04. The molecule has 0 saturated carbocycles. The molecule has 0 bridgehead atoms. The fraction of sp³-hybridized carbons (Fsp3) is 0.176. The van der Waals surface area contributed by atoms with E-state index in [4.69, 9.17) is 28.0 Å². The number of nitrogens with zero attached hydrogens (tertiary/aromatic N) is 1. The number of carbonyl (C=O) groups excluding carboxylic acids is 2. The molecule has 4 aromatic rings. The van der Waals surface area contributed by atoms with Crippen LogP contribution in [0.15, 0.2) is 78.9 Å². The van der Waals surface area contributed by atoms with Gasteiger partial charge in [-0.3, -0.25) is 14.5 Å². The van der Waals surface area contributed by atoms with E-state index in [0.29, 0.717) is 17.5 Å². The number of hydrogen-bond donors (Lipinski definition) is 7. The Kier molecular flexibility index (Phi) is 8.69. The minimum absolute atomic E-state index is 0.110. The van der Waals surface area contributed by atoms with Crippen LogP contribution in [0.4, 0.5) is 0 Å². The van der Waals surface area contributed by atoms with Crippen molar-refractivity contribution >= 4 is 23.8 Å². The number of phenolic OH excluding ortho intramolecular Hbond substituents is 2. The molecule has 48 heavy (non-hydrogen) atoms. The van der Waals surface area contributed by atoms with Gasteiger partial charge in [0, 0.05) is 36.7 Å². The zero-order chi connectivity index (χ0) is 35.6. The summed E-state index contributed by atoms with van der Waals surface area (Å²) in [4.78, 5) is 49.5. The standard InChI is InChI=1S/C22H13NO8.C12H19N3O2/c23-19(26)17-11(20(27)28)3-6-14-18(17)21(29)31-22(14)12-4-1-9(24)7-15(12)30-16-8-10(25)2-5-13(16)22;1-15(11(14)8-13)10(12(16)17)7-9-5-3-2-4-6-9/h1-8,24-25H,(H2,23,26)(H,27,28);2-6,10-11H,7-8,13-14H2,1H3,(H,16,17)/t;10-,11?/m.0/s1/i;1D. The minimum atomic E-state index is -1.61. The number of aromatic hydroxyl groups is 2. The molecule has 1 unspecified atom stereocenters. The Morgan fingerprint density at radius 2 is 1.50 bits per heavy atom. The first-order valence-electron chi connectivity index (χ1n) is 15.1. The van der Waals surface area contributed by atoms with Crippen LogP contribution >= 0.6 is 0 Å². The van der Waals surface area contributed by atoms with Gasteiger partial charge in [0.2, 0.25) is 5.91 Å². The van der Waals surface area contributed by atoms with Gasteiger partial charge in [-0.1, -0.05) is 36.4 Å². The molecule has 248 valence electrons. The number of carboxylic acid groups (broad SMARTS) is 2. The van der Waals surface area contributed by atoms with Crippen molar-refractivity contribution in [2.45, 2.75) is 24.2 Å². The average Bonchev–Trinajstić information content (AvgIpc) is 3.36. The molecule has 0 radical (unpaired) electrons. The summed E-state index contributed by atoms with van der Waals surface area (Å²) < 4.78 is 19.1. The molecule has 2 aliphatic rings. The highest BCUT2D eigenvalue weighted by Gasteiger charge is 2.55. The number of hydrogen-bond acceptors (Lipinski definition) is 11. The van der Waals surface area contributed by atoms with Crippen molar-refractivity contribution in [3.63, 3.8) is 0 Å². The molecular formula is C34H32N4O10. The Bertz CT molecular complexity index is 1900. The first kappa shape index (κ1) is 32.0. The van der Waals surface area contributed by atoms with E-state index in [0.717, 1.165) is 5.56 Å². The van der Waals surface area contributed by atoms with E-state index in [-0.39, 0.29) is 47.7 Å². The quantitative estimate of drug-likeness (QED) is 0.106. The number of likely N-dealkylation sites (N-methyl/N-ethyl adjacent to an activating group) is 1. The summed E-state index contributed by atoms with van der Waals surface area (Å²) in [5, 5.41) is 38.6. The van der Waals surface area contributed by atoms with Crippen LogP contribution in [0.1, 0.15) is 54.7 Å². The normalized spacial score (nSPS) is 15.0. The minimum Gasteiger partial charge on any atom is -0.508 e. The summed E-state index contributed by atoms with van der Waals surface area (Å²) >= 11 is 0. The smallest absolute Gasteiger partial charge is 0.341 e. The molecule has 1 amide bonds. The maximum atomic E-state index is 13.0. The van der Waals surface area contributed by atoms with E-state index in [1.54, 1.807) is 0 Å².